The minimum absolute atomic E-state index is 0.0703. The summed E-state index contributed by atoms with van der Waals surface area (Å²) in [4.78, 5) is 12.7. The van der Waals surface area contributed by atoms with E-state index >= 15 is 0 Å². The molecule has 1 aliphatic heterocycles. The molecule has 2 aromatic carbocycles. The molecule has 0 bridgehead atoms. The van der Waals surface area contributed by atoms with Crippen molar-refractivity contribution in [1.82, 2.24) is 9.62 Å². The van der Waals surface area contributed by atoms with Gasteiger partial charge in [-0.15, -0.1) is 0 Å². The van der Waals surface area contributed by atoms with Crippen molar-refractivity contribution in [3.05, 3.63) is 65.5 Å². The van der Waals surface area contributed by atoms with Crippen molar-refractivity contribution < 1.29 is 22.3 Å². The van der Waals surface area contributed by atoms with E-state index in [1.165, 1.54) is 28.6 Å². The molecule has 2 aromatic rings. The molecular formula is C21H25FN2O4S. The zero-order valence-electron chi connectivity index (χ0n) is 16.6. The molecule has 8 heteroatoms. The maximum Gasteiger partial charge on any atom is 0.251 e. The molecule has 0 aromatic heterocycles. The van der Waals surface area contributed by atoms with Crippen molar-refractivity contribution in [2.45, 2.75) is 43.9 Å². The van der Waals surface area contributed by atoms with Crippen LogP contribution in [0.25, 0.3) is 0 Å². The fourth-order valence-electron chi connectivity index (χ4n) is 3.39. The molecular weight excluding hydrogens is 395 g/mol. The monoisotopic (exact) mass is 420 g/mol. The third kappa shape index (κ3) is 5.01. The molecule has 1 heterocycles. The van der Waals surface area contributed by atoms with Crippen LogP contribution in [-0.2, 0) is 14.8 Å². The first kappa shape index (κ1) is 21.4. The lowest BCUT2D eigenvalue weighted by atomic mass is 10.1. The Morgan fingerprint density at radius 2 is 1.76 bits per heavy atom. The summed E-state index contributed by atoms with van der Waals surface area (Å²) in [6.45, 7) is 5.98. The number of amides is 1. The molecule has 1 N–H and O–H groups in total. The van der Waals surface area contributed by atoms with Crippen LogP contribution in [0.1, 0.15) is 42.7 Å². The standard InChI is InChI=1S/C21H25FN2O4S/c1-14-12-24(13-15(2)28-14)29(26,27)20-6-4-5-18(11-20)21(25)23-16(3)17-7-9-19(22)10-8-17/h4-11,14-16H,12-13H2,1-3H3,(H,23,25). The van der Waals surface area contributed by atoms with Crippen molar-refractivity contribution >= 4 is 15.9 Å². The van der Waals surface area contributed by atoms with E-state index in [0.29, 0.717) is 0 Å². The number of morpholine rings is 1. The summed E-state index contributed by atoms with van der Waals surface area (Å²) in [5, 5.41) is 2.81. The Hall–Kier alpha value is -2.29. The number of hydrogen-bond acceptors (Lipinski definition) is 4. The van der Waals surface area contributed by atoms with Crippen molar-refractivity contribution in [1.29, 1.82) is 0 Å². The van der Waals surface area contributed by atoms with Crippen molar-refractivity contribution in [3.8, 4) is 0 Å². The number of nitrogens with zero attached hydrogens (tertiary/aromatic N) is 1. The summed E-state index contributed by atoms with van der Waals surface area (Å²) in [7, 11) is -3.74. The quantitative estimate of drug-likeness (QED) is 0.807. The Morgan fingerprint density at radius 3 is 2.38 bits per heavy atom. The van der Waals surface area contributed by atoms with Crippen LogP contribution in [0.15, 0.2) is 53.4 Å². The number of carbonyl (C=O) groups is 1. The van der Waals surface area contributed by atoms with Crippen molar-refractivity contribution in [3.63, 3.8) is 0 Å². The van der Waals surface area contributed by atoms with Gasteiger partial charge in [0.25, 0.3) is 5.91 Å². The Labute approximate surface area is 170 Å². The molecule has 0 radical (unpaired) electrons. The van der Waals surface area contributed by atoms with Crippen molar-refractivity contribution in [2.75, 3.05) is 13.1 Å². The van der Waals surface area contributed by atoms with Crippen LogP contribution in [0, 0.1) is 5.82 Å². The molecule has 3 atom stereocenters. The SMILES string of the molecule is CC1CN(S(=O)(=O)c2cccc(C(=O)NC(C)c3ccc(F)cc3)c2)CC(C)O1. The van der Waals surface area contributed by atoms with Gasteiger partial charge in [0.05, 0.1) is 23.1 Å². The van der Waals surface area contributed by atoms with Gasteiger partial charge in [-0.25, -0.2) is 12.8 Å². The minimum atomic E-state index is -3.74. The molecule has 3 unspecified atom stereocenters. The van der Waals surface area contributed by atoms with Gasteiger partial charge in [0.2, 0.25) is 10.0 Å². The maximum absolute atomic E-state index is 13.1. The number of carbonyl (C=O) groups excluding carboxylic acids is 1. The predicted molar refractivity (Wildman–Crippen MR) is 107 cm³/mol. The lowest BCUT2D eigenvalue weighted by Gasteiger charge is -2.34. The van der Waals surface area contributed by atoms with Gasteiger partial charge in [-0.3, -0.25) is 4.79 Å². The Morgan fingerprint density at radius 1 is 1.14 bits per heavy atom. The van der Waals surface area contributed by atoms with Gasteiger partial charge < -0.3 is 10.1 Å². The summed E-state index contributed by atoms with van der Waals surface area (Å²) in [5.41, 5.74) is 0.995. The number of ether oxygens (including phenoxy) is 1. The van der Waals surface area contributed by atoms with Crippen LogP contribution in [0.2, 0.25) is 0 Å². The number of sulfonamides is 1. The lowest BCUT2D eigenvalue weighted by molar-refractivity contribution is -0.0440. The first-order chi connectivity index (χ1) is 13.7. The van der Waals surface area contributed by atoms with Gasteiger partial charge in [-0.1, -0.05) is 18.2 Å². The average Bonchev–Trinajstić information content (AvgIpc) is 2.67. The van der Waals surface area contributed by atoms with E-state index < -0.39 is 15.9 Å². The van der Waals surface area contributed by atoms with Gasteiger partial charge in [0, 0.05) is 18.7 Å². The highest BCUT2D eigenvalue weighted by atomic mass is 32.2. The summed E-state index contributed by atoms with van der Waals surface area (Å²) in [5.74, 6) is -0.750. The van der Waals surface area contributed by atoms with Crippen LogP contribution in [0.5, 0.6) is 0 Å². The number of halogens is 1. The van der Waals surface area contributed by atoms with Crippen LogP contribution < -0.4 is 5.32 Å². The molecule has 1 saturated heterocycles. The second-order valence-electron chi connectivity index (χ2n) is 7.35. The highest BCUT2D eigenvalue weighted by Gasteiger charge is 2.32. The number of rotatable bonds is 5. The van der Waals surface area contributed by atoms with E-state index in [2.05, 4.69) is 5.32 Å². The third-order valence-electron chi connectivity index (χ3n) is 4.84. The van der Waals surface area contributed by atoms with Gasteiger partial charge in [-0.2, -0.15) is 4.31 Å². The average molecular weight is 421 g/mol. The number of benzene rings is 2. The summed E-state index contributed by atoms with van der Waals surface area (Å²) < 4.78 is 46.1. The second-order valence-corrected chi connectivity index (χ2v) is 9.29. The summed E-state index contributed by atoms with van der Waals surface area (Å²) in [6, 6.07) is 11.5. The van der Waals surface area contributed by atoms with Crippen LogP contribution >= 0.6 is 0 Å². The molecule has 0 saturated carbocycles. The molecule has 29 heavy (non-hydrogen) atoms. The Kier molecular flexibility index (Phi) is 6.36. The molecule has 6 nitrogen and oxygen atoms in total. The van der Waals surface area contributed by atoms with Crippen molar-refractivity contribution in [2.24, 2.45) is 0 Å². The summed E-state index contributed by atoms with van der Waals surface area (Å²) >= 11 is 0. The topological polar surface area (TPSA) is 75.7 Å². The van der Waals surface area contributed by atoms with Gasteiger partial charge >= 0.3 is 0 Å². The van der Waals surface area contributed by atoms with Crippen LogP contribution in [0.3, 0.4) is 0 Å². The molecule has 3 rings (SSSR count). The van der Waals surface area contributed by atoms with Gasteiger partial charge in [-0.05, 0) is 56.7 Å². The Balaban J connectivity index is 1.77. The first-order valence-corrected chi connectivity index (χ1v) is 10.9. The largest absolute Gasteiger partial charge is 0.373 e. The fraction of sp³-hybridized carbons (Fsp3) is 0.381. The summed E-state index contributed by atoms with van der Waals surface area (Å²) in [6.07, 6.45) is -0.395. The predicted octanol–water partition coefficient (Wildman–Crippen LogP) is 3.11. The fourth-order valence-corrected chi connectivity index (χ4v) is 5.03. The normalized spacial score (nSPS) is 21.5. The molecule has 0 aliphatic carbocycles. The molecule has 1 aliphatic rings. The molecule has 1 amide bonds. The molecule has 0 spiro atoms. The van der Waals surface area contributed by atoms with Crippen LogP contribution in [-0.4, -0.2) is 43.9 Å². The van der Waals surface area contributed by atoms with Gasteiger partial charge in [0.15, 0.2) is 0 Å². The van der Waals surface area contributed by atoms with E-state index in [-0.39, 0.29) is 47.6 Å². The Bertz CT molecular complexity index is 968. The van der Waals surface area contributed by atoms with Crippen LogP contribution in [0.4, 0.5) is 4.39 Å². The van der Waals surface area contributed by atoms with E-state index in [0.717, 1.165) is 5.56 Å². The minimum Gasteiger partial charge on any atom is -0.373 e. The third-order valence-corrected chi connectivity index (χ3v) is 6.67. The number of nitrogens with one attached hydrogen (secondary N) is 1. The zero-order valence-corrected chi connectivity index (χ0v) is 17.4. The van der Waals surface area contributed by atoms with E-state index in [4.69, 9.17) is 4.74 Å². The maximum atomic E-state index is 13.1. The molecule has 1 fully saturated rings. The van der Waals surface area contributed by atoms with Gasteiger partial charge in [0.1, 0.15) is 5.82 Å². The lowest BCUT2D eigenvalue weighted by Crippen LogP contribution is -2.48. The smallest absolute Gasteiger partial charge is 0.251 e. The zero-order chi connectivity index (χ0) is 21.2. The second kappa shape index (κ2) is 8.61. The molecule has 156 valence electrons. The highest BCUT2D eigenvalue weighted by molar-refractivity contribution is 7.89. The highest BCUT2D eigenvalue weighted by Crippen LogP contribution is 2.22. The first-order valence-electron chi connectivity index (χ1n) is 9.49. The number of hydrogen-bond donors (Lipinski definition) is 1. The van der Waals surface area contributed by atoms with E-state index in [1.54, 1.807) is 31.2 Å². The van der Waals surface area contributed by atoms with E-state index in [9.17, 15) is 17.6 Å². The van der Waals surface area contributed by atoms with E-state index in [1.807, 2.05) is 13.8 Å².